The summed E-state index contributed by atoms with van der Waals surface area (Å²) in [6, 6.07) is 0.308. The summed E-state index contributed by atoms with van der Waals surface area (Å²) < 4.78 is 2.01. The lowest BCUT2D eigenvalue weighted by Gasteiger charge is -2.18. The molecule has 1 aliphatic rings. The maximum Gasteiger partial charge on any atom is 0.254 e. The maximum absolute atomic E-state index is 12.5. The minimum atomic E-state index is -0.497. The van der Waals surface area contributed by atoms with Gasteiger partial charge in [0, 0.05) is 18.5 Å². The highest BCUT2D eigenvalue weighted by atomic mass is 16.3. The van der Waals surface area contributed by atoms with E-state index < -0.39 is 6.10 Å². The molecule has 0 bridgehead atoms. The zero-order chi connectivity index (χ0) is 16.3. The molecule has 3 unspecified atom stereocenters. The summed E-state index contributed by atoms with van der Waals surface area (Å²) in [5.41, 5.74) is 1.75. The normalized spacial score (nSPS) is 18.8. The third-order valence-electron chi connectivity index (χ3n) is 4.82. The van der Waals surface area contributed by atoms with Crippen molar-refractivity contribution in [2.24, 2.45) is 5.92 Å². The Labute approximate surface area is 133 Å². The summed E-state index contributed by atoms with van der Waals surface area (Å²) in [6.45, 7) is 8.59. The van der Waals surface area contributed by atoms with E-state index in [9.17, 15) is 9.90 Å². The van der Waals surface area contributed by atoms with E-state index in [0.717, 1.165) is 31.4 Å². The van der Waals surface area contributed by atoms with E-state index in [0.29, 0.717) is 24.1 Å². The minimum absolute atomic E-state index is 0.112. The molecule has 22 heavy (non-hydrogen) atoms. The molecule has 0 radical (unpaired) electrons. The molecule has 2 N–H and O–H groups in total. The molecule has 1 aliphatic carbocycles. The fourth-order valence-corrected chi connectivity index (χ4v) is 2.60. The van der Waals surface area contributed by atoms with Crippen LogP contribution in [0.1, 0.15) is 81.4 Å². The third-order valence-corrected chi connectivity index (χ3v) is 4.82. The van der Waals surface area contributed by atoms with Gasteiger partial charge in [-0.05, 0) is 32.1 Å². The van der Waals surface area contributed by atoms with Crippen molar-refractivity contribution in [3.8, 4) is 0 Å². The van der Waals surface area contributed by atoms with Gasteiger partial charge in [-0.15, -0.1) is 0 Å². The predicted molar refractivity (Wildman–Crippen MR) is 87.0 cm³/mol. The van der Waals surface area contributed by atoms with Crippen LogP contribution in [-0.2, 0) is 0 Å². The monoisotopic (exact) mass is 307 g/mol. The maximum atomic E-state index is 12.5. The van der Waals surface area contributed by atoms with Gasteiger partial charge in [-0.1, -0.05) is 27.2 Å². The van der Waals surface area contributed by atoms with Gasteiger partial charge in [0.2, 0.25) is 0 Å². The van der Waals surface area contributed by atoms with Crippen molar-refractivity contribution in [3.63, 3.8) is 0 Å². The van der Waals surface area contributed by atoms with Crippen LogP contribution in [-0.4, -0.2) is 33.4 Å². The molecule has 0 spiro atoms. The number of hydrogen-bond acceptors (Lipinski definition) is 3. The lowest BCUT2D eigenvalue weighted by atomic mass is 10.0. The van der Waals surface area contributed by atoms with Gasteiger partial charge in [0.25, 0.3) is 5.91 Å². The Bertz CT molecular complexity index is 508. The molecule has 1 aromatic heterocycles. The van der Waals surface area contributed by atoms with E-state index in [1.807, 2.05) is 18.5 Å². The zero-order valence-corrected chi connectivity index (χ0v) is 14.2. The number of nitrogens with one attached hydrogen (secondary N) is 1. The van der Waals surface area contributed by atoms with Crippen molar-refractivity contribution in [3.05, 3.63) is 17.5 Å². The molecule has 5 nitrogen and oxygen atoms in total. The standard InChI is InChI=1S/C17H29N3O2/c1-5-11(3)15(21)10-18-17(22)14-9-19-20(12(4)6-2)16(14)13-7-8-13/h9,11-13,15,21H,5-8,10H2,1-4H3,(H,18,22). The Balaban J connectivity index is 2.08. The summed E-state index contributed by atoms with van der Waals surface area (Å²) >= 11 is 0. The van der Waals surface area contributed by atoms with Crippen molar-refractivity contribution in [1.29, 1.82) is 0 Å². The van der Waals surface area contributed by atoms with Crippen molar-refractivity contribution in [2.45, 2.75) is 71.4 Å². The van der Waals surface area contributed by atoms with Gasteiger partial charge in [-0.3, -0.25) is 9.48 Å². The molecule has 0 aromatic carbocycles. The Morgan fingerprint density at radius 1 is 1.41 bits per heavy atom. The molecule has 124 valence electrons. The van der Waals surface area contributed by atoms with Crippen molar-refractivity contribution in [2.75, 3.05) is 6.54 Å². The Hall–Kier alpha value is -1.36. The molecule has 3 atom stereocenters. The van der Waals surface area contributed by atoms with Crippen LogP contribution in [0.2, 0.25) is 0 Å². The predicted octanol–water partition coefficient (Wildman–Crippen LogP) is 2.87. The number of amides is 1. The molecule has 5 heteroatoms. The Morgan fingerprint density at radius 2 is 2.09 bits per heavy atom. The van der Waals surface area contributed by atoms with E-state index in [4.69, 9.17) is 0 Å². The van der Waals surface area contributed by atoms with Crippen LogP contribution in [0.5, 0.6) is 0 Å². The number of aliphatic hydroxyl groups excluding tert-OH is 1. The van der Waals surface area contributed by atoms with E-state index >= 15 is 0 Å². The molecule has 1 heterocycles. The number of aliphatic hydroxyl groups is 1. The largest absolute Gasteiger partial charge is 0.391 e. The van der Waals surface area contributed by atoms with Gasteiger partial charge < -0.3 is 10.4 Å². The molecule has 0 aliphatic heterocycles. The first-order valence-electron chi connectivity index (χ1n) is 8.53. The second-order valence-electron chi connectivity index (χ2n) is 6.58. The highest BCUT2D eigenvalue weighted by molar-refractivity contribution is 5.95. The molecule has 1 fully saturated rings. The van der Waals surface area contributed by atoms with Crippen molar-refractivity contribution >= 4 is 5.91 Å². The van der Waals surface area contributed by atoms with Gasteiger partial charge in [0.1, 0.15) is 0 Å². The van der Waals surface area contributed by atoms with Gasteiger partial charge in [0.05, 0.1) is 23.6 Å². The van der Waals surface area contributed by atoms with E-state index in [2.05, 4.69) is 24.3 Å². The lowest BCUT2D eigenvalue weighted by Crippen LogP contribution is -2.35. The van der Waals surface area contributed by atoms with Gasteiger partial charge in [0.15, 0.2) is 0 Å². The second kappa shape index (κ2) is 7.27. The highest BCUT2D eigenvalue weighted by Gasteiger charge is 2.33. The topological polar surface area (TPSA) is 67.2 Å². The quantitative estimate of drug-likeness (QED) is 0.776. The number of rotatable bonds is 8. The highest BCUT2D eigenvalue weighted by Crippen LogP contribution is 2.42. The lowest BCUT2D eigenvalue weighted by molar-refractivity contribution is 0.0849. The van der Waals surface area contributed by atoms with Crippen molar-refractivity contribution < 1.29 is 9.90 Å². The van der Waals surface area contributed by atoms with Gasteiger partial charge in [-0.2, -0.15) is 5.10 Å². The number of aromatic nitrogens is 2. The number of nitrogens with zero attached hydrogens (tertiary/aromatic N) is 2. The summed E-state index contributed by atoms with van der Waals surface area (Å²) in [4.78, 5) is 12.5. The first-order valence-corrected chi connectivity index (χ1v) is 8.53. The summed E-state index contributed by atoms with van der Waals surface area (Å²) in [5.74, 6) is 0.543. The van der Waals surface area contributed by atoms with Gasteiger partial charge >= 0.3 is 0 Å². The zero-order valence-electron chi connectivity index (χ0n) is 14.2. The number of carbonyl (C=O) groups is 1. The van der Waals surface area contributed by atoms with Gasteiger partial charge in [-0.25, -0.2) is 0 Å². The van der Waals surface area contributed by atoms with Crippen LogP contribution in [0.15, 0.2) is 6.20 Å². The second-order valence-corrected chi connectivity index (χ2v) is 6.58. The smallest absolute Gasteiger partial charge is 0.254 e. The number of carbonyl (C=O) groups excluding carboxylic acids is 1. The third kappa shape index (κ3) is 3.69. The minimum Gasteiger partial charge on any atom is -0.391 e. The average Bonchev–Trinajstić information content (AvgIpc) is 3.28. The van der Waals surface area contributed by atoms with Crippen LogP contribution < -0.4 is 5.32 Å². The van der Waals surface area contributed by atoms with Crippen LogP contribution in [0.25, 0.3) is 0 Å². The Kier molecular flexibility index (Phi) is 5.62. The molecule has 1 saturated carbocycles. The van der Waals surface area contributed by atoms with Crippen LogP contribution >= 0.6 is 0 Å². The fourth-order valence-electron chi connectivity index (χ4n) is 2.60. The van der Waals surface area contributed by atoms with Crippen LogP contribution in [0.4, 0.5) is 0 Å². The molecule has 2 rings (SSSR count). The SMILES string of the molecule is CCC(C)C(O)CNC(=O)c1cnn(C(C)CC)c1C1CC1. The van der Waals surface area contributed by atoms with Crippen molar-refractivity contribution in [1.82, 2.24) is 15.1 Å². The fraction of sp³-hybridized carbons (Fsp3) is 0.765. The summed E-state index contributed by atoms with van der Waals surface area (Å²) in [6.07, 6.45) is 5.36. The first-order chi connectivity index (χ1) is 10.5. The number of hydrogen-bond donors (Lipinski definition) is 2. The van der Waals surface area contributed by atoms with E-state index in [-0.39, 0.29) is 11.8 Å². The first kappa shape index (κ1) is 17.0. The van der Waals surface area contributed by atoms with E-state index in [1.165, 1.54) is 0 Å². The molecular formula is C17H29N3O2. The average molecular weight is 307 g/mol. The van der Waals surface area contributed by atoms with Crippen LogP contribution in [0.3, 0.4) is 0 Å². The summed E-state index contributed by atoms with van der Waals surface area (Å²) in [7, 11) is 0. The van der Waals surface area contributed by atoms with E-state index in [1.54, 1.807) is 6.20 Å². The molecule has 0 saturated heterocycles. The molecular weight excluding hydrogens is 278 g/mol. The summed E-state index contributed by atoms with van der Waals surface area (Å²) in [5, 5.41) is 17.3. The molecule has 1 aromatic rings. The Morgan fingerprint density at radius 3 is 2.64 bits per heavy atom. The van der Waals surface area contributed by atoms with Crippen LogP contribution in [0, 0.1) is 5.92 Å². The molecule has 1 amide bonds.